The molecule has 0 unspecified atom stereocenters. The van der Waals surface area contributed by atoms with Crippen molar-refractivity contribution in [3.8, 4) is 5.75 Å². The molecule has 1 aromatic carbocycles. The summed E-state index contributed by atoms with van der Waals surface area (Å²) in [7, 11) is 1.79. The van der Waals surface area contributed by atoms with Crippen molar-refractivity contribution in [1.29, 1.82) is 0 Å². The number of nitro groups is 1. The minimum Gasteiger partial charge on any atom is -0.482 e. The maximum Gasteiger partial charge on any atom is 0.310 e. The smallest absolute Gasteiger partial charge is 0.310 e. The molecule has 0 saturated heterocycles. The molecule has 0 amide bonds. The van der Waals surface area contributed by atoms with Gasteiger partial charge in [0.1, 0.15) is 6.61 Å². The van der Waals surface area contributed by atoms with Gasteiger partial charge in [-0.3, -0.25) is 14.8 Å². The van der Waals surface area contributed by atoms with E-state index in [1.807, 2.05) is 0 Å². The predicted molar refractivity (Wildman–Crippen MR) is 68.5 cm³/mol. The number of benzene rings is 1. The molecule has 0 aliphatic rings. The highest BCUT2D eigenvalue weighted by Gasteiger charge is 2.15. The monoisotopic (exact) mass is 262 g/mol. The normalized spacial score (nSPS) is 10.4. The molecule has 7 heteroatoms. The van der Waals surface area contributed by atoms with E-state index in [1.165, 1.54) is 6.07 Å². The van der Waals surface area contributed by atoms with E-state index in [1.54, 1.807) is 36.3 Å². The van der Waals surface area contributed by atoms with Crippen LogP contribution in [0.1, 0.15) is 11.1 Å². The van der Waals surface area contributed by atoms with E-state index < -0.39 is 4.92 Å². The molecule has 0 aliphatic heterocycles. The molecule has 1 heterocycles. The quantitative estimate of drug-likeness (QED) is 0.648. The van der Waals surface area contributed by atoms with Gasteiger partial charge in [0.2, 0.25) is 0 Å². The number of ether oxygens (including phenoxy) is 1. The second-order valence-electron chi connectivity index (χ2n) is 4.07. The molecule has 2 N–H and O–H groups in total. The number of nitrogens with zero attached hydrogens (tertiary/aromatic N) is 3. The van der Waals surface area contributed by atoms with Crippen LogP contribution in [-0.2, 0) is 20.2 Å². The van der Waals surface area contributed by atoms with Crippen LogP contribution >= 0.6 is 0 Å². The number of aromatic nitrogens is 2. The van der Waals surface area contributed by atoms with Gasteiger partial charge in [0.05, 0.1) is 11.1 Å². The van der Waals surface area contributed by atoms with Crippen molar-refractivity contribution in [2.24, 2.45) is 12.8 Å². The summed E-state index contributed by atoms with van der Waals surface area (Å²) in [6, 6.07) is 4.62. The highest BCUT2D eigenvalue weighted by Crippen LogP contribution is 2.28. The zero-order chi connectivity index (χ0) is 13.8. The van der Waals surface area contributed by atoms with Gasteiger partial charge in [-0.15, -0.1) is 0 Å². The van der Waals surface area contributed by atoms with Crippen LogP contribution < -0.4 is 10.5 Å². The molecule has 2 aromatic rings. The lowest BCUT2D eigenvalue weighted by molar-refractivity contribution is -0.386. The number of hydrogen-bond acceptors (Lipinski definition) is 5. The van der Waals surface area contributed by atoms with Crippen molar-refractivity contribution < 1.29 is 9.66 Å². The SMILES string of the molecule is Cn1cc(COc2cc(CN)ccc2[N+](=O)[O-])cn1. The number of rotatable bonds is 5. The molecule has 7 nitrogen and oxygen atoms in total. The maximum atomic E-state index is 10.9. The Morgan fingerprint density at radius 3 is 2.84 bits per heavy atom. The lowest BCUT2D eigenvalue weighted by atomic mass is 10.2. The Hall–Kier alpha value is -2.41. The lowest BCUT2D eigenvalue weighted by Gasteiger charge is -2.07. The first-order chi connectivity index (χ1) is 9.10. The fourth-order valence-electron chi connectivity index (χ4n) is 1.66. The fraction of sp³-hybridized carbons (Fsp3) is 0.250. The Balaban J connectivity index is 2.19. The Bertz CT molecular complexity index is 594. The standard InChI is InChI=1S/C12H14N4O3/c1-15-7-10(6-14-15)8-19-12-4-9(5-13)2-3-11(12)16(17)18/h2-4,6-7H,5,8,13H2,1H3. The molecule has 0 aliphatic carbocycles. The molecule has 0 saturated carbocycles. The maximum absolute atomic E-state index is 10.9. The van der Waals surface area contributed by atoms with Gasteiger partial charge in [-0.1, -0.05) is 6.07 Å². The van der Waals surface area contributed by atoms with Crippen molar-refractivity contribution in [3.05, 3.63) is 51.8 Å². The summed E-state index contributed by atoms with van der Waals surface area (Å²) in [6.07, 6.45) is 3.44. The average Bonchev–Trinajstić information content (AvgIpc) is 2.81. The van der Waals surface area contributed by atoms with Gasteiger partial charge in [0.25, 0.3) is 0 Å². The van der Waals surface area contributed by atoms with Gasteiger partial charge in [0.15, 0.2) is 5.75 Å². The topological polar surface area (TPSA) is 96.2 Å². The summed E-state index contributed by atoms with van der Waals surface area (Å²) in [5.41, 5.74) is 7.07. The van der Waals surface area contributed by atoms with Gasteiger partial charge in [-0.2, -0.15) is 5.10 Å². The zero-order valence-electron chi connectivity index (χ0n) is 10.4. The van der Waals surface area contributed by atoms with Crippen LogP contribution in [-0.4, -0.2) is 14.7 Å². The highest BCUT2D eigenvalue weighted by atomic mass is 16.6. The number of hydrogen-bond donors (Lipinski definition) is 1. The van der Waals surface area contributed by atoms with E-state index >= 15 is 0 Å². The summed E-state index contributed by atoms with van der Waals surface area (Å²) < 4.78 is 7.13. The molecule has 0 radical (unpaired) electrons. The van der Waals surface area contributed by atoms with Gasteiger partial charge >= 0.3 is 5.69 Å². The van der Waals surface area contributed by atoms with E-state index in [9.17, 15) is 10.1 Å². The first-order valence-corrected chi connectivity index (χ1v) is 5.68. The van der Waals surface area contributed by atoms with Crippen LogP contribution in [0, 0.1) is 10.1 Å². The van der Waals surface area contributed by atoms with E-state index in [4.69, 9.17) is 10.5 Å². The minimum atomic E-state index is -0.473. The lowest BCUT2D eigenvalue weighted by Crippen LogP contribution is -2.02. The number of nitro benzene ring substituents is 1. The third kappa shape index (κ3) is 3.08. The molecule has 1 aromatic heterocycles. The number of nitrogens with two attached hydrogens (primary N) is 1. The van der Waals surface area contributed by atoms with E-state index in [-0.39, 0.29) is 18.0 Å². The van der Waals surface area contributed by atoms with Crippen molar-refractivity contribution in [2.45, 2.75) is 13.2 Å². The molecule has 19 heavy (non-hydrogen) atoms. The summed E-state index contributed by atoms with van der Waals surface area (Å²) >= 11 is 0. The Morgan fingerprint density at radius 2 is 2.26 bits per heavy atom. The summed E-state index contributed by atoms with van der Waals surface area (Å²) in [5, 5.41) is 14.9. The first kappa shape index (κ1) is 13.0. The van der Waals surface area contributed by atoms with Gasteiger partial charge in [-0.05, 0) is 11.6 Å². The largest absolute Gasteiger partial charge is 0.482 e. The van der Waals surface area contributed by atoms with E-state index in [0.717, 1.165) is 11.1 Å². The fourth-order valence-corrected chi connectivity index (χ4v) is 1.66. The second kappa shape index (κ2) is 5.49. The van der Waals surface area contributed by atoms with Crippen LogP contribution in [0.3, 0.4) is 0 Å². The van der Waals surface area contributed by atoms with E-state index in [2.05, 4.69) is 5.10 Å². The molecular formula is C12H14N4O3. The summed E-state index contributed by atoms with van der Waals surface area (Å²) in [5.74, 6) is 0.219. The summed E-state index contributed by atoms with van der Waals surface area (Å²) in [6.45, 7) is 0.532. The highest BCUT2D eigenvalue weighted by molar-refractivity contribution is 5.48. The molecular weight excluding hydrogens is 248 g/mol. The molecule has 2 rings (SSSR count). The second-order valence-corrected chi connectivity index (χ2v) is 4.07. The van der Waals surface area contributed by atoms with Crippen molar-refractivity contribution in [2.75, 3.05) is 0 Å². The Labute approximate surface area is 109 Å². The molecule has 100 valence electrons. The van der Waals surface area contributed by atoms with Gasteiger partial charge in [0, 0.05) is 31.4 Å². The zero-order valence-corrected chi connectivity index (χ0v) is 10.4. The van der Waals surface area contributed by atoms with Crippen molar-refractivity contribution >= 4 is 5.69 Å². The third-order valence-corrected chi connectivity index (χ3v) is 2.61. The van der Waals surface area contributed by atoms with Gasteiger partial charge in [-0.25, -0.2) is 0 Å². The van der Waals surface area contributed by atoms with Crippen LogP contribution in [0.25, 0.3) is 0 Å². The van der Waals surface area contributed by atoms with E-state index in [0.29, 0.717) is 6.54 Å². The Morgan fingerprint density at radius 1 is 1.47 bits per heavy atom. The van der Waals surface area contributed by atoms with Gasteiger partial charge < -0.3 is 10.5 Å². The molecule has 0 fully saturated rings. The predicted octanol–water partition coefficient (Wildman–Crippen LogP) is 1.37. The minimum absolute atomic E-state index is 0.0684. The number of aryl methyl sites for hydroxylation is 1. The molecule has 0 bridgehead atoms. The molecule has 0 atom stereocenters. The van der Waals surface area contributed by atoms with Crippen LogP contribution in [0.4, 0.5) is 5.69 Å². The van der Waals surface area contributed by atoms with Crippen LogP contribution in [0.5, 0.6) is 5.75 Å². The molecule has 0 spiro atoms. The summed E-state index contributed by atoms with van der Waals surface area (Å²) in [4.78, 5) is 10.4. The Kier molecular flexibility index (Phi) is 3.76. The van der Waals surface area contributed by atoms with Crippen molar-refractivity contribution in [3.63, 3.8) is 0 Å². The van der Waals surface area contributed by atoms with Crippen LogP contribution in [0.15, 0.2) is 30.6 Å². The first-order valence-electron chi connectivity index (χ1n) is 5.68. The van der Waals surface area contributed by atoms with Crippen molar-refractivity contribution in [1.82, 2.24) is 9.78 Å². The third-order valence-electron chi connectivity index (χ3n) is 2.61. The van der Waals surface area contributed by atoms with Crippen LogP contribution in [0.2, 0.25) is 0 Å². The average molecular weight is 262 g/mol.